The number of hydrogen-bond acceptors (Lipinski definition) is 21. The molecule has 6 saturated heterocycles. The van der Waals surface area contributed by atoms with Crippen LogP contribution in [-0.4, -0.2) is 441 Å². The molecule has 2 aromatic rings. The number of hydrogen-bond donors (Lipinski definition) is 3. The van der Waals surface area contributed by atoms with Crippen LogP contribution in [-0.2, 0) is 0 Å². The van der Waals surface area contributed by atoms with Crippen LogP contribution in [0.5, 0.6) is 11.5 Å². The smallest absolute Gasteiger partial charge is 0.335 e. The zero-order valence-electron chi connectivity index (χ0n) is 61.0. The zero-order valence-corrected chi connectivity index (χ0v) is 61.0. The van der Waals surface area contributed by atoms with Gasteiger partial charge in [-0.1, -0.05) is 6.92 Å². The van der Waals surface area contributed by atoms with Crippen molar-refractivity contribution in [2.75, 3.05) is 345 Å². The highest BCUT2D eigenvalue weighted by molar-refractivity contribution is 5.94. The van der Waals surface area contributed by atoms with E-state index in [1.54, 1.807) is 24.3 Å². The molecular weight excluding hydrogens is 1170 g/mol. The lowest BCUT2D eigenvalue weighted by Gasteiger charge is -2.34. The standard InChI is InChI=1S/C35H67N9O2.C33H62N8O3.C2H7N/c1-7-36-35(45)33-9-11-34(12-10-33)46-32-8-13-42-24-18-41(6)23-27-43-25-19-37(2)14-16-39(4)21-28-44(31-30-42)29-22-40(5)17-15-38(3)20-26-43;1-34-12-14-36(3)19-26-41-27-20-37(4)15-13-35(2)18-24-40(23-17-34)25-21-38(5)16-22-39(28-29-41)11-6-30-44-32-9-7-31(8-10-32)33(42)43;1-2-3/h9-12H,7-8,13-32H2,1-6H3,(H,36,45);7-10H,6,11-30H2,1-5H3,(H,42,43);2-3H2,1H3. The van der Waals surface area contributed by atoms with Gasteiger partial charge in [0.2, 0.25) is 0 Å². The Labute approximate surface area is 566 Å². The lowest BCUT2D eigenvalue weighted by molar-refractivity contribution is 0.0696. The van der Waals surface area contributed by atoms with Gasteiger partial charge in [0.15, 0.2) is 0 Å². The summed E-state index contributed by atoms with van der Waals surface area (Å²) >= 11 is 0. The molecule has 6 aliphatic heterocycles. The first-order chi connectivity index (χ1) is 44.8. The third-order valence-corrected chi connectivity index (χ3v) is 18.8. The van der Waals surface area contributed by atoms with E-state index in [1.165, 1.54) is 0 Å². The third kappa shape index (κ3) is 38.1. The molecule has 6 aliphatic rings. The number of nitrogens with zero attached hydrogens (tertiary/aromatic N) is 16. The number of carboxylic acid groups (broad SMARTS) is 1. The fraction of sp³-hybridized carbons (Fsp3) is 0.800. The number of carboxylic acids is 1. The average molecular weight is 1310 g/mol. The molecule has 1 amide bonds. The second-order valence-electron chi connectivity index (χ2n) is 27.1. The number of fused-ring (bicyclic) bond motifs is 42. The number of nitrogens with one attached hydrogen (secondary N) is 1. The molecule has 93 heavy (non-hydrogen) atoms. The maximum Gasteiger partial charge on any atom is 0.335 e. The Bertz CT molecular complexity index is 2140. The number of rotatable bonds is 13. The SMILES string of the molecule is CCN.CCNC(=O)c1ccc(OCCCN2CCN(C)CCN3CCN(C)CCN(C)CCN(CCN(C)CCN(C)CC3)CC2)cc1.CN1CCN(C)CCN2CCN(C)CCN(C)CCN(CC1)CCN(C)CCN(CCCOc1ccc(C(=O)O)cc1)CC2. The molecule has 6 heterocycles. The highest BCUT2D eigenvalue weighted by Crippen LogP contribution is 2.15. The van der Waals surface area contributed by atoms with Crippen LogP contribution >= 0.6 is 0 Å². The Morgan fingerprint density at radius 3 is 0.796 bits per heavy atom. The van der Waals surface area contributed by atoms with Crippen LogP contribution < -0.4 is 20.5 Å². The van der Waals surface area contributed by atoms with E-state index in [1.807, 2.05) is 38.1 Å². The molecule has 0 atom stereocenters. The van der Waals surface area contributed by atoms with Gasteiger partial charge in [0.05, 0.1) is 18.8 Å². The molecule has 0 radical (unpaired) electrons. The van der Waals surface area contributed by atoms with E-state index in [9.17, 15) is 9.59 Å². The van der Waals surface area contributed by atoms with Crippen LogP contribution in [0.2, 0.25) is 0 Å². The Balaban J connectivity index is 0.000000381. The first kappa shape index (κ1) is 81.7. The van der Waals surface area contributed by atoms with Gasteiger partial charge in [-0.25, -0.2) is 4.79 Å². The maximum atomic E-state index is 12.1. The predicted molar refractivity (Wildman–Crippen MR) is 386 cm³/mol. The Morgan fingerprint density at radius 1 is 0.355 bits per heavy atom. The van der Waals surface area contributed by atoms with E-state index >= 15 is 0 Å². The Kier molecular flexibility index (Phi) is 43.0. The van der Waals surface area contributed by atoms with Crippen molar-refractivity contribution in [2.24, 2.45) is 5.73 Å². The number of nitrogens with two attached hydrogens (primary N) is 1. The van der Waals surface area contributed by atoms with Crippen LogP contribution in [0.4, 0.5) is 0 Å². The monoisotopic (exact) mass is 1310 g/mol. The summed E-state index contributed by atoms with van der Waals surface area (Å²) in [6, 6.07) is 14.2. The lowest BCUT2D eigenvalue weighted by atomic mass is 10.2. The molecule has 0 aromatic heterocycles. The van der Waals surface area contributed by atoms with Crippen LogP contribution in [0.1, 0.15) is 47.4 Å². The van der Waals surface area contributed by atoms with Gasteiger partial charge < -0.3 is 84.4 Å². The minimum atomic E-state index is -0.913. The van der Waals surface area contributed by atoms with Crippen molar-refractivity contribution < 1.29 is 24.2 Å². The predicted octanol–water partition coefficient (Wildman–Crippen LogP) is 1.51. The third-order valence-electron chi connectivity index (χ3n) is 18.8. The van der Waals surface area contributed by atoms with Crippen molar-refractivity contribution in [1.82, 2.24) is 83.7 Å². The summed E-state index contributed by atoms with van der Waals surface area (Å²) in [5.74, 6) is 0.594. The summed E-state index contributed by atoms with van der Waals surface area (Å²) in [4.78, 5) is 64.3. The molecule has 23 heteroatoms. The Morgan fingerprint density at radius 2 is 0.559 bits per heavy atom. The molecule has 0 saturated carbocycles. The van der Waals surface area contributed by atoms with Gasteiger partial charge in [-0.05, 0) is 145 Å². The first-order valence-electron chi connectivity index (χ1n) is 35.7. The van der Waals surface area contributed by atoms with Crippen molar-refractivity contribution in [3.63, 3.8) is 0 Å². The zero-order chi connectivity index (χ0) is 67.6. The van der Waals surface area contributed by atoms with E-state index in [4.69, 9.17) is 20.3 Å². The van der Waals surface area contributed by atoms with Crippen molar-refractivity contribution >= 4 is 11.9 Å². The second-order valence-corrected chi connectivity index (χ2v) is 27.1. The molecule has 8 rings (SSSR count). The largest absolute Gasteiger partial charge is 0.494 e. The molecule has 0 aliphatic carbocycles. The van der Waals surface area contributed by atoms with Crippen LogP contribution in [0.3, 0.4) is 0 Å². The van der Waals surface area contributed by atoms with Crippen molar-refractivity contribution in [3.05, 3.63) is 59.7 Å². The molecule has 0 spiro atoms. The number of benzene rings is 2. The molecule has 4 N–H and O–H groups in total. The minimum absolute atomic E-state index is 0.0404. The fourth-order valence-corrected chi connectivity index (χ4v) is 11.4. The summed E-state index contributed by atoms with van der Waals surface area (Å²) in [5, 5.41) is 12.0. The number of carbonyl (C=O) groups is 2. The molecule has 0 unspecified atom stereocenters. The van der Waals surface area contributed by atoms with Crippen molar-refractivity contribution in [1.29, 1.82) is 0 Å². The first-order valence-corrected chi connectivity index (χ1v) is 35.7. The van der Waals surface area contributed by atoms with Gasteiger partial charge in [-0.2, -0.15) is 0 Å². The van der Waals surface area contributed by atoms with E-state index in [-0.39, 0.29) is 11.5 Å². The van der Waals surface area contributed by atoms with E-state index in [2.05, 4.69) is 154 Å². The van der Waals surface area contributed by atoms with Crippen molar-refractivity contribution in [2.45, 2.75) is 26.7 Å². The van der Waals surface area contributed by atoms with Crippen molar-refractivity contribution in [3.8, 4) is 11.5 Å². The van der Waals surface area contributed by atoms with Crippen LogP contribution in [0, 0.1) is 0 Å². The molecule has 2 aromatic carbocycles. The van der Waals surface area contributed by atoms with Gasteiger partial charge in [-0.15, -0.1) is 0 Å². The van der Waals surface area contributed by atoms with Gasteiger partial charge in [0.25, 0.3) is 5.91 Å². The molecular formula is C70H136N18O5. The quantitative estimate of drug-likeness (QED) is 0.248. The fourth-order valence-electron chi connectivity index (χ4n) is 11.4. The molecule has 23 nitrogen and oxygen atoms in total. The van der Waals surface area contributed by atoms with E-state index < -0.39 is 5.97 Å². The average Bonchev–Trinajstić information content (AvgIpc) is 2.23. The van der Waals surface area contributed by atoms with Crippen LogP contribution in [0.25, 0.3) is 0 Å². The summed E-state index contributed by atoms with van der Waals surface area (Å²) in [5.41, 5.74) is 5.80. The molecule has 6 fully saturated rings. The Hall–Kier alpha value is -3.70. The second kappa shape index (κ2) is 48.9. The minimum Gasteiger partial charge on any atom is -0.494 e. The lowest BCUT2D eigenvalue weighted by Crippen LogP contribution is -2.47. The molecule has 536 valence electrons. The number of ether oxygens (including phenoxy) is 2. The van der Waals surface area contributed by atoms with E-state index in [0.29, 0.717) is 25.3 Å². The number of amides is 1. The number of likely N-dealkylation sites (N-methyl/N-ethyl adjacent to an activating group) is 10. The number of carbonyl (C=O) groups excluding carboxylic acids is 1. The molecule has 4 bridgehead atoms. The summed E-state index contributed by atoms with van der Waals surface area (Å²) in [6.07, 6.45) is 1.91. The summed E-state index contributed by atoms with van der Waals surface area (Å²) < 4.78 is 12.1. The normalized spacial score (nSPS) is 24.5. The highest BCUT2D eigenvalue weighted by Gasteiger charge is 2.20. The maximum absolute atomic E-state index is 12.1. The summed E-state index contributed by atoms with van der Waals surface area (Å²) in [6.45, 7) is 47.9. The summed E-state index contributed by atoms with van der Waals surface area (Å²) in [7, 11) is 22.8. The van der Waals surface area contributed by atoms with Crippen LogP contribution in [0.15, 0.2) is 48.5 Å². The van der Waals surface area contributed by atoms with Gasteiger partial charge in [0, 0.05) is 261 Å². The topological polar surface area (TPSA) is 163 Å². The van der Waals surface area contributed by atoms with Gasteiger partial charge in [-0.3, -0.25) is 24.4 Å². The van der Waals surface area contributed by atoms with Gasteiger partial charge >= 0.3 is 5.97 Å². The highest BCUT2D eigenvalue weighted by atomic mass is 16.5. The number of aromatic carboxylic acids is 1. The van der Waals surface area contributed by atoms with E-state index in [0.717, 1.165) is 280 Å². The van der Waals surface area contributed by atoms with Gasteiger partial charge in [0.1, 0.15) is 11.5 Å².